The largest absolute Gasteiger partial charge is 0.478 e. The Morgan fingerprint density at radius 1 is 0.935 bits per heavy atom. The molecule has 1 aliphatic rings. The zero-order chi connectivity index (χ0) is 32.3. The van der Waals surface area contributed by atoms with Gasteiger partial charge in [0, 0.05) is 38.3 Å². The lowest BCUT2D eigenvalue weighted by atomic mass is 9.99. The molecule has 6 rings (SSSR count). The van der Waals surface area contributed by atoms with E-state index in [9.17, 15) is 14.0 Å². The van der Waals surface area contributed by atoms with Gasteiger partial charge in [0.2, 0.25) is 0 Å². The summed E-state index contributed by atoms with van der Waals surface area (Å²) in [5.41, 5.74) is 4.47. The molecule has 0 saturated carbocycles. The number of halogens is 1. The maximum Gasteiger partial charge on any atom is 0.411 e. The molecule has 4 aromatic carbocycles. The Kier molecular flexibility index (Phi) is 8.85. The molecule has 0 atom stereocenters. The van der Waals surface area contributed by atoms with Crippen LogP contribution in [0.4, 0.5) is 14.9 Å². The van der Waals surface area contributed by atoms with E-state index in [0.717, 1.165) is 22.7 Å². The molecule has 1 aliphatic heterocycles. The number of carbonyl (C=O) groups is 2. The smallest absolute Gasteiger partial charge is 0.411 e. The standard InChI is InChI=1S/C37H36FN3O4Si/c1-46(2,3)22-21-44-37(43)40-32-29-15-10-20-39-33(29)35(45-34(26-11-6-4-7-12-26)27-13-8-5-9-14-27)31-30(32)24-41(36(31)42)23-25-16-18-28(38)19-17-25/h4-20,34H,21-24H2,1-3H3,(H,40,43). The first-order valence-electron chi connectivity index (χ1n) is 15.4. The van der Waals surface area contributed by atoms with E-state index in [2.05, 4.69) is 25.0 Å². The number of nitrogens with one attached hydrogen (secondary N) is 1. The molecule has 5 aromatic rings. The van der Waals surface area contributed by atoms with E-state index in [1.54, 1.807) is 29.3 Å². The second-order valence-electron chi connectivity index (χ2n) is 12.6. The molecule has 234 valence electrons. The SMILES string of the molecule is C[Si](C)(C)CCOC(=O)Nc1c2c(c(OC(c3ccccc3)c3ccccc3)c3ncccc13)C(=O)N(Cc1ccc(F)cc1)C2. The molecule has 0 unspecified atom stereocenters. The monoisotopic (exact) mass is 633 g/mol. The normalized spacial score (nSPS) is 12.8. The second-order valence-corrected chi connectivity index (χ2v) is 18.3. The first-order chi connectivity index (χ1) is 22.2. The number of carbonyl (C=O) groups excluding carboxylic acids is 2. The molecule has 0 saturated heterocycles. The van der Waals surface area contributed by atoms with Gasteiger partial charge in [-0.1, -0.05) is 92.4 Å². The summed E-state index contributed by atoms with van der Waals surface area (Å²) in [6.45, 7) is 7.43. The van der Waals surface area contributed by atoms with Crippen molar-refractivity contribution in [1.82, 2.24) is 9.88 Å². The Morgan fingerprint density at radius 3 is 2.22 bits per heavy atom. The molecule has 7 nitrogen and oxygen atoms in total. The van der Waals surface area contributed by atoms with Gasteiger partial charge in [-0.15, -0.1) is 0 Å². The number of ether oxygens (including phenoxy) is 2. The summed E-state index contributed by atoms with van der Waals surface area (Å²) in [7, 11) is -1.42. The first-order valence-corrected chi connectivity index (χ1v) is 19.1. The van der Waals surface area contributed by atoms with Crippen molar-refractivity contribution in [2.45, 2.75) is 44.9 Å². The summed E-state index contributed by atoms with van der Waals surface area (Å²) in [4.78, 5) is 33.8. The van der Waals surface area contributed by atoms with Gasteiger partial charge < -0.3 is 14.4 Å². The summed E-state index contributed by atoms with van der Waals surface area (Å²) in [6.07, 6.45) is 0.518. The van der Waals surface area contributed by atoms with Crippen LogP contribution in [0.5, 0.6) is 5.75 Å². The van der Waals surface area contributed by atoms with Crippen molar-refractivity contribution in [3.8, 4) is 5.75 Å². The van der Waals surface area contributed by atoms with Gasteiger partial charge in [-0.25, -0.2) is 9.18 Å². The molecule has 0 spiro atoms. The minimum atomic E-state index is -1.42. The fourth-order valence-corrected chi connectivity index (χ4v) is 6.34. The minimum absolute atomic E-state index is 0.207. The predicted molar refractivity (Wildman–Crippen MR) is 180 cm³/mol. The molecule has 2 heterocycles. The number of pyridine rings is 1. The number of aromatic nitrogens is 1. The van der Waals surface area contributed by atoms with E-state index in [0.29, 0.717) is 40.1 Å². The van der Waals surface area contributed by atoms with Gasteiger partial charge in [-0.3, -0.25) is 15.1 Å². The van der Waals surface area contributed by atoms with Crippen molar-refractivity contribution >= 4 is 36.7 Å². The van der Waals surface area contributed by atoms with Crippen LogP contribution in [0.15, 0.2) is 103 Å². The van der Waals surface area contributed by atoms with Crippen LogP contribution in [-0.4, -0.2) is 36.6 Å². The van der Waals surface area contributed by atoms with Gasteiger partial charge in [0.05, 0.1) is 17.9 Å². The topological polar surface area (TPSA) is 80.8 Å². The molecule has 0 fully saturated rings. The lowest BCUT2D eigenvalue weighted by Crippen LogP contribution is -2.24. The Hall–Kier alpha value is -5.02. The van der Waals surface area contributed by atoms with E-state index in [4.69, 9.17) is 14.5 Å². The molecule has 9 heteroatoms. The third kappa shape index (κ3) is 6.79. The summed E-state index contributed by atoms with van der Waals surface area (Å²) < 4.78 is 26.2. The molecular weight excluding hydrogens is 598 g/mol. The highest BCUT2D eigenvalue weighted by Gasteiger charge is 2.37. The van der Waals surface area contributed by atoms with Gasteiger partial charge in [-0.2, -0.15) is 0 Å². The molecule has 1 aromatic heterocycles. The van der Waals surface area contributed by atoms with Crippen molar-refractivity contribution in [3.63, 3.8) is 0 Å². The Bertz CT molecular complexity index is 1820. The number of hydrogen-bond donors (Lipinski definition) is 1. The minimum Gasteiger partial charge on any atom is -0.478 e. The molecule has 0 aliphatic carbocycles. The Balaban J connectivity index is 1.46. The molecule has 0 bridgehead atoms. The molecule has 0 radical (unpaired) electrons. The van der Waals surface area contributed by atoms with Gasteiger partial charge in [0.25, 0.3) is 5.91 Å². The molecular formula is C37H36FN3O4Si. The van der Waals surface area contributed by atoms with Crippen LogP contribution in [0, 0.1) is 5.82 Å². The predicted octanol–water partition coefficient (Wildman–Crippen LogP) is 8.59. The summed E-state index contributed by atoms with van der Waals surface area (Å²) in [5.74, 6) is -0.274. The highest BCUT2D eigenvalue weighted by atomic mass is 28.3. The van der Waals surface area contributed by atoms with E-state index >= 15 is 0 Å². The summed E-state index contributed by atoms with van der Waals surface area (Å²) >= 11 is 0. The van der Waals surface area contributed by atoms with Crippen LogP contribution in [0.3, 0.4) is 0 Å². The molecule has 1 N–H and O–H groups in total. The van der Waals surface area contributed by atoms with Gasteiger partial charge in [-0.05, 0) is 47.0 Å². The number of hydrogen-bond acceptors (Lipinski definition) is 5. The van der Waals surface area contributed by atoms with E-state index < -0.39 is 20.3 Å². The van der Waals surface area contributed by atoms with Crippen molar-refractivity contribution < 1.29 is 23.5 Å². The van der Waals surface area contributed by atoms with Crippen LogP contribution in [0.25, 0.3) is 10.9 Å². The van der Waals surface area contributed by atoms with Gasteiger partial charge in [0.15, 0.2) is 5.75 Å². The van der Waals surface area contributed by atoms with Crippen LogP contribution in [0.2, 0.25) is 25.7 Å². The van der Waals surface area contributed by atoms with E-state index in [1.165, 1.54) is 12.1 Å². The number of nitrogens with zero attached hydrogens (tertiary/aromatic N) is 2. The number of fused-ring (bicyclic) bond motifs is 2. The maximum atomic E-state index is 14.3. The van der Waals surface area contributed by atoms with Crippen molar-refractivity contribution in [2.24, 2.45) is 0 Å². The fraction of sp³-hybridized carbons (Fsp3) is 0.216. The van der Waals surface area contributed by atoms with Crippen LogP contribution in [0.1, 0.15) is 38.7 Å². The summed E-state index contributed by atoms with van der Waals surface area (Å²) in [5, 5.41) is 3.59. The number of amides is 2. The number of anilines is 1. The van der Waals surface area contributed by atoms with E-state index in [1.807, 2.05) is 66.7 Å². The Labute approximate surface area is 269 Å². The van der Waals surface area contributed by atoms with E-state index in [-0.39, 0.29) is 24.8 Å². The zero-order valence-corrected chi connectivity index (χ0v) is 27.1. The van der Waals surface area contributed by atoms with Crippen LogP contribution < -0.4 is 10.1 Å². The van der Waals surface area contributed by atoms with Crippen LogP contribution >= 0.6 is 0 Å². The number of benzene rings is 4. The second kappa shape index (κ2) is 13.1. The Morgan fingerprint density at radius 2 is 1.59 bits per heavy atom. The van der Waals surface area contributed by atoms with Gasteiger partial charge in [0.1, 0.15) is 17.4 Å². The van der Waals surface area contributed by atoms with Gasteiger partial charge >= 0.3 is 6.09 Å². The lowest BCUT2D eigenvalue weighted by molar-refractivity contribution is 0.0762. The van der Waals surface area contributed by atoms with Crippen molar-refractivity contribution in [2.75, 3.05) is 11.9 Å². The lowest BCUT2D eigenvalue weighted by Gasteiger charge is -2.23. The maximum absolute atomic E-state index is 14.3. The van der Waals surface area contributed by atoms with Crippen molar-refractivity contribution in [3.05, 3.63) is 137 Å². The van der Waals surface area contributed by atoms with Crippen molar-refractivity contribution in [1.29, 1.82) is 0 Å². The first kappa shape index (κ1) is 31.0. The fourth-order valence-electron chi connectivity index (χ4n) is 5.62. The highest BCUT2D eigenvalue weighted by Crippen LogP contribution is 2.45. The molecule has 46 heavy (non-hydrogen) atoms. The zero-order valence-electron chi connectivity index (χ0n) is 26.1. The highest BCUT2D eigenvalue weighted by molar-refractivity contribution is 6.76. The third-order valence-electron chi connectivity index (χ3n) is 8.01. The van der Waals surface area contributed by atoms with Crippen LogP contribution in [-0.2, 0) is 17.8 Å². The quantitative estimate of drug-likeness (QED) is 0.156. The summed E-state index contributed by atoms with van der Waals surface area (Å²) in [6, 6.07) is 30.2. The average Bonchev–Trinajstić information content (AvgIpc) is 3.37. The third-order valence-corrected chi connectivity index (χ3v) is 9.72. The number of rotatable bonds is 10. The average molecular weight is 634 g/mol. The molecule has 2 amide bonds.